The van der Waals surface area contributed by atoms with E-state index in [1.54, 1.807) is 31.4 Å². The van der Waals surface area contributed by atoms with Crippen LogP contribution in [0.15, 0.2) is 48.5 Å². The average molecular weight is 340 g/mol. The van der Waals surface area contributed by atoms with Crippen LogP contribution in [0.5, 0.6) is 5.75 Å². The molecule has 5 nitrogen and oxygen atoms in total. The lowest BCUT2D eigenvalue weighted by atomic mass is 10.1. The van der Waals surface area contributed by atoms with Crippen molar-refractivity contribution in [2.24, 2.45) is 0 Å². The van der Waals surface area contributed by atoms with Gasteiger partial charge in [-0.2, -0.15) is 0 Å². The third kappa shape index (κ3) is 5.35. The first-order valence-corrected chi connectivity index (χ1v) is 8.13. The average Bonchev–Trinajstić information content (AvgIpc) is 2.54. The number of amides is 2. The van der Waals surface area contributed by atoms with Gasteiger partial charge >= 0.3 is 0 Å². The van der Waals surface area contributed by atoms with Crippen LogP contribution in [0.2, 0.25) is 0 Å². The Kier molecular flexibility index (Phi) is 5.80. The second-order valence-corrected chi connectivity index (χ2v) is 6.79. The summed E-state index contributed by atoms with van der Waals surface area (Å²) in [6.07, 6.45) is 0.166. The van der Waals surface area contributed by atoms with Crippen molar-refractivity contribution in [2.75, 3.05) is 12.4 Å². The summed E-state index contributed by atoms with van der Waals surface area (Å²) >= 11 is 0. The van der Waals surface area contributed by atoms with Gasteiger partial charge in [0.2, 0.25) is 5.91 Å². The minimum atomic E-state index is -0.356. The number of methoxy groups -OCH3 is 1. The van der Waals surface area contributed by atoms with Crippen LogP contribution in [0.3, 0.4) is 0 Å². The van der Waals surface area contributed by atoms with Crippen LogP contribution in [0.25, 0.3) is 0 Å². The highest BCUT2D eigenvalue weighted by Gasteiger charge is 2.19. The molecule has 2 N–H and O–H groups in total. The molecule has 25 heavy (non-hydrogen) atoms. The Morgan fingerprint density at radius 3 is 2.32 bits per heavy atom. The normalized spacial score (nSPS) is 10.9. The first-order valence-electron chi connectivity index (χ1n) is 8.13. The van der Waals surface area contributed by atoms with Gasteiger partial charge in [0.15, 0.2) is 0 Å². The van der Waals surface area contributed by atoms with Crippen molar-refractivity contribution in [2.45, 2.75) is 32.7 Å². The smallest absolute Gasteiger partial charge is 0.253 e. The van der Waals surface area contributed by atoms with Crippen molar-refractivity contribution in [1.29, 1.82) is 0 Å². The van der Waals surface area contributed by atoms with Gasteiger partial charge in [-0.25, -0.2) is 0 Å². The van der Waals surface area contributed by atoms with E-state index in [0.29, 0.717) is 17.0 Å². The number of hydrogen-bond donors (Lipinski definition) is 2. The number of hydrogen-bond acceptors (Lipinski definition) is 3. The molecule has 0 heterocycles. The van der Waals surface area contributed by atoms with E-state index < -0.39 is 0 Å². The summed E-state index contributed by atoms with van der Waals surface area (Å²) in [7, 11) is 1.57. The molecule has 2 rings (SSSR count). The summed E-state index contributed by atoms with van der Waals surface area (Å²) in [4.78, 5) is 24.9. The number of carbonyl (C=O) groups excluding carboxylic acids is 2. The standard InChI is InChI=1S/C20H24N2O3/c1-20(2,3)22-19(24)15-10-6-7-11-16(15)21-18(23)13-14-9-5-8-12-17(14)25-4/h5-12H,13H2,1-4H3,(H,21,23)(H,22,24). The summed E-state index contributed by atoms with van der Waals surface area (Å²) in [5.74, 6) is 0.234. The zero-order valence-electron chi connectivity index (χ0n) is 15.1. The van der Waals surface area contributed by atoms with Crippen molar-refractivity contribution in [3.05, 3.63) is 59.7 Å². The Labute approximate surface area is 148 Å². The number of nitrogens with one attached hydrogen (secondary N) is 2. The fraction of sp³-hybridized carbons (Fsp3) is 0.300. The topological polar surface area (TPSA) is 67.4 Å². The first-order chi connectivity index (χ1) is 11.8. The van der Waals surface area contributed by atoms with E-state index in [-0.39, 0.29) is 23.8 Å². The zero-order valence-corrected chi connectivity index (χ0v) is 15.1. The largest absolute Gasteiger partial charge is 0.496 e. The Balaban J connectivity index is 2.15. The molecule has 0 aliphatic heterocycles. The number of benzene rings is 2. The number of para-hydroxylation sites is 2. The molecular weight excluding hydrogens is 316 g/mol. The first kappa shape index (κ1) is 18.5. The van der Waals surface area contributed by atoms with Gasteiger partial charge in [0.25, 0.3) is 5.91 Å². The maximum absolute atomic E-state index is 12.4. The van der Waals surface area contributed by atoms with E-state index in [4.69, 9.17) is 4.74 Å². The molecule has 0 fully saturated rings. The van der Waals surface area contributed by atoms with Gasteiger partial charge in [0.05, 0.1) is 24.8 Å². The van der Waals surface area contributed by atoms with E-state index in [1.807, 2.05) is 45.0 Å². The molecule has 5 heteroatoms. The van der Waals surface area contributed by atoms with Gasteiger partial charge in [-0.3, -0.25) is 9.59 Å². The molecule has 0 spiro atoms. The molecule has 2 aromatic carbocycles. The van der Waals surface area contributed by atoms with Crippen molar-refractivity contribution in [1.82, 2.24) is 5.32 Å². The van der Waals surface area contributed by atoms with E-state index in [1.165, 1.54) is 0 Å². The fourth-order valence-electron chi connectivity index (χ4n) is 2.41. The van der Waals surface area contributed by atoms with Gasteiger partial charge in [-0.15, -0.1) is 0 Å². The van der Waals surface area contributed by atoms with E-state index in [2.05, 4.69) is 10.6 Å². The molecule has 2 aromatic rings. The highest BCUT2D eigenvalue weighted by molar-refractivity contribution is 6.04. The van der Waals surface area contributed by atoms with Crippen LogP contribution < -0.4 is 15.4 Å². The Bertz CT molecular complexity index is 764. The Morgan fingerprint density at radius 1 is 1.00 bits per heavy atom. The van der Waals surface area contributed by atoms with E-state index in [0.717, 1.165) is 5.56 Å². The van der Waals surface area contributed by atoms with E-state index in [9.17, 15) is 9.59 Å². The lowest BCUT2D eigenvalue weighted by molar-refractivity contribution is -0.115. The molecule has 0 atom stereocenters. The van der Waals surface area contributed by atoms with Crippen LogP contribution in [0.4, 0.5) is 5.69 Å². The lowest BCUT2D eigenvalue weighted by Gasteiger charge is -2.21. The van der Waals surface area contributed by atoms with Crippen LogP contribution in [-0.4, -0.2) is 24.5 Å². The molecule has 0 aliphatic rings. The fourth-order valence-corrected chi connectivity index (χ4v) is 2.41. The van der Waals surface area contributed by atoms with Gasteiger partial charge in [-0.1, -0.05) is 30.3 Å². The van der Waals surface area contributed by atoms with Crippen LogP contribution in [0, 0.1) is 0 Å². The zero-order chi connectivity index (χ0) is 18.4. The summed E-state index contributed by atoms with van der Waals surface area (Å²) in [5.41, 5.74) is 1.36. The van der Waals surface area contributed by atoms with Gasteiger partial charge in [0.1, 0.15) is 5.75 Å². The molecule has 0 aromatic heterocycles. The monoisotopic (exact) mass is 340 g/mol. The minimum absolute atomic E-state index is 0.166. The highest BCUT2D eigenvalue weighted by Crippen LogP contribution is 2.20. The minimum Gasteiger partial charge on any atom is -0.496 e. The van der Waals surface area contributed by atoms with Crippen molar-refractivity contribution >= 4 is 17.5 Å². The molecule has 2 amide bonds. The number of ether oxygens (including phenoxy) is 1. The van der Waals surface area contributed by atoms with Crippen LogP contribution in [0.1, 0.15) is 36.7 Å². The van der Waals surface area contributed by atoms with Crippen LogP contribution >= 0.6 is 0 Å². The predicted molar refractivity (Wildman–Crippen MR) is 99.0 cm³/mol. The highest BCUT2D eigenvalue weighted by atomic mass is 16.5. The summed E-state index contributed by atoms with van der Waals surface area (Å²) in [5, 5.41) is 5.73. The quantitative estimate of drug-likeness (QED) is 0.876. The maximum atomic E-state index is 12.4. The maximum Gasteiger partial charge on any atom is 0.253 e. The lowest BCUT2D eigenvalue weighted by Crippen LogP contribution is -2.40. The molecule has 0 radical (unpaired) electrons. The summed E-state index contributed by atoms with van der Waals surface area (Å²) in [6.45, 7) is 5.73. The van der Waals surface area contributed by atoms with Crippen molar-refractivity contribution in [3.63, 3.8) is 0 Å². The molecule has 0 saturated heterocycles. The van der Waals surface area contributed by atoms with Crippen molar-refractivity contribution < 1.29 is 14.3 Å². The number of rotatable bonds is 5. The number of carbonyl (C=O) groups is 2. The van der Waals surface area contributed by atoms with Gasteiger partial charge in [-0.05, 0) is 39.0 Å². The predicted octanol–water partition coefficient (Wildman–Crippen LogP) is 3.40. The van der Waals surface area contributed by atoms with Crippen molar-refractivity contribution in [3.8, 4) is 5.75 Å². The Morgan fingerprint density at radius 2 is 1.64 bits per heavy atom. The van der Waals surface area contributed by atoms with Crippen LogP contribution in [-0.2, 0) is 11.2 Å². The second kappa shape index (κ2) is 7.83. The molecule has 0 aliphatic carbocycles. The molecule has 0 saturated carbocycles. The molecule has 132 valence electrons. The Hall–Kier alpha value is -2.82. The SMILES string of the molecule is COc1ccccc1CC(=O)Nc1ccccc1C(=O)NC(C)(C)C. The third-order valence-corrected chi connectivity index (χ3v) is 3.48. The summed E-state index contributed by atoms with van der Waals surface area (Å²) in [6, 6.07) is 14.3. The molecule has 0 bridgehead atoms. The van der Waals surface area contributed by atoms with Gasteiger partial charge < -0.3 is 15.4 Å². The number of anilines is 1. The van der Waals surface area contributed by atoms with Gasteiger partial charge in [0, 0.05) is 11.1 Å². The van der Waals surface area contributed by atoms with E-state index >= 15 is 0 Å². The third-order valence-electron chi connectivity index (χ3n) is 3.48. The molecule has 0 unspecified atom stereocenters. The second-order valence-electron chi connectivity index (χ2n) is 6.79. The molecular formula is C20H24N2O3. The summed E-state index contributed by atoms with van der Waals surface area (Å²) < 4.78 is 5.27.